The Hall–Kier alpha value is -5.18. The third-order valence-corrected chi connectivity index (χ3v) is 10.1. The van der Waals surface area contributed by atoms with Gasteiger partial charge in [0.2, 0.25) is 5.91 Å². The zero-order chi connectivity index (χ0) is 34.5. The number of likely N-dealkylation sites (tertiary alicyclic amines) is 1. The molecule has 49 heavy (non-hydrogen) atoms. The molecule has 2 heterocycles. The van der Waals surface area contributed by atoms with E-state index in [4.69, 9.17) is 0 Å². The summed E-state index contributed by atoms with van der Waals surface area (Å²) in [6, 6.07) is 21.7. The normalized spacial score (nSPS) is 18.3. The summed E-state index contributed by atoms with van der Waals surface area (Å²) >= 11 is 0. The number of amides is 2. The molecule has 4 aromatic rings. The van der Waals surface area contributed by atoms with Crippen LogP contribution in [0.1, 0.15) is 83.7 Å². The van der Waals surface area contributed by atoms with Crippen molar-refractivity contribution in [2.24, 2.45) is 11.8 Å². The van der Waals surface area contributed by atoms with Crippen molar-refractivity contribution in [3.8, 4) is 22.5 Å². The number of rotatable bonds is 11. The maximum atomic E-state index is 13.4. The number of Topliss-reactive ketones (excluding diaryl/α,β-unsaturated/α-hetero) is 1. The number of carbonyl (C=O) groups excluding carboxylic acids is 3. The summed E-state index contributed by atoms with van der Waals surface area (Å²) in [7, 11) is 0. The molecule has 0 radical (unpaired) electrons. The Labute approximate surface area is 286 Å². The molecule has 1 aliphatic heterocycles. The van der Waals surface area contributed by atoms with E-state index in [1.54, 1.807) is 24.3 Å². The van der Waals surface area contributed by atoms with Crippen LogP contribution in [-0.4, -0.2) is 62.7 Å². The SMILES string of the molecule is CC[C@H]1CC[C@H](c2ccc(-c3cnc(-c4ccc(C[C@H](NC(=O)c5ccc(C(C)=O)cc5)C(=O)N5CC(C(=O)O)C5)cc4)nc3)cc2)CC1. The molecule has 1 saturated carbocycles. The minimum absolute atomic E-state index is 0.101. The van der Waals surface area contributed by atoms with Gasteiger partial charge in [-0.2, -0.15) is 0 Å². The van der Waals surface area contributed by atoms with Crippen LogP contribution in [0.15, 0.2) is 85.2 Å². The quantitative estimate of drug-likeness (QED) is 0.174. The molecule has 0 spiro atoms. The first-order valence-corrected chi connectivity index (χ1v) is 17.1. The van der Waals surface area contributed by atoms with Crippen molar-refractivity contribution in [2.75, 3.05) is 13.1 Å². The highest BCUT2D eigenvalue weighted by Crippen LogP contribution is 2.37. The molecule has 9 nitrogen and oxygen atoms in total. The summed E-state index contributed by atoms with van der Waals surface area (Å²) in [4.78, 5) is 60.2. The van der Waals surface area contributed by atoms with Gasteiger partial charge in [-0.05, 0) is 73.3 Å². The molecule has 0 unspecified atom stereocenters. The fraction of sp³-hybridized carbons (Fsp3) is 0.350. The minimum atomic E-state index is -0.946. The number of benzene rings is 3. The zero-order valence-corrected chi connectivity index (χ0v) is 28.0. The van der Waals surface area contributed by atoms with Gasteiger partial charge in [-0.1, -0.05) is 74.0 Å². The molecule has 1 saturated heterocycles. The highest BCUT2D eigenvalue weighted by Gasteiger charge is 2.38. The van der Waals surface area contributed by atoms with Crippen molar-refractivity contribution >= 4 is 23.6 Å². The number of aromatic nitrogens is 2. The van der Waals surface area contributed by atoms with Gasteiger partial charge in [0, 0.05) is 54.2 Å². The van der Waals surface area contributed by atoms with Gasteiger partial charge >= 0.3 is 5.97 Å². The van der Waals surface area contributed by atoms with Gasteiger partial charge in [0.15, 0.2) is 11.6 Å². The van der Waals surface area contributed by atoms with E-state index in [-0.39, 0.29) is 31.2 Å². The molecular formula is C40H42N4O5. The predicted octanol–water partition coefficient (Wildman–Crippen LogP) is 6.58. The molecule has 1 atom stereocenters. The van der Waals surface area contributed by atoms with Crippen LogP contribution >= 0.6 is 0 Å². The molecule has 2 fully saturated rings. The Morgan fingerprint density at radius 1 is 0.796 bits per heavy atom. The third-order valence-electron chi connectivity index (χ3n) is 10.1. The average molecular weight is 659 g/mol. The van der Waals surface area contributed by atoms with E-state index >= 15 is 0 Å². The summed E-state index contributed by atoms with van der Waals surface area (Å²) in [5.74, 6) is -0.359. The van der Waals surface area contributed by atoms with Crippen LogP contribution in [0.2, 0.25) is 0 Å². The molecule has 1 aliphatic carbocycles. The Balaban J connectivity index is 1.11. The first kappa shape index (κ1) is 33.7. The van der Waals surface area contributed by atoms with Crippen LogP contribution in [0.25, 0.3) is 22.5 Å². The molecule has 2 amide bonds. The summed E-state index contributed by atoms with van der Waals surface area (Å²) in [5, 5.41) is 12.1. The van der Waals surface area contributed by atoms with Crippen molar-refractivity contribution < 1.29 is 24.3 Å². The van der Waals surface area contributed by atoms with E-state index in [9.17, 15) is 24.3 Å². The van der Waals surface area contributed by atoms with Crippen LogP contribution < -0.4 is 5.32 Å². The van der Waals surface area contributed by atoms with Crippen molar-refractivity contribution in [1.82, 2.24) is 20.2 Å². The largest absolute Gasteiger partial charge is 0.481 e. The molecule has 2 aliphatic rings. The molecule has 252 valence electrons. The maximum Gasteiger partial charge on any atom is 0.310 e. The summed E-state index contributed by atoms with van der Waals surface area (Å²) in [6.45, 7) is 3.95. The van der Waals surface area contributed by atoms with E-state index < -0.39 is 23.8 Å². The second kappa shape index (κ2) is 14.9. The number of hydrogen-bond acceptors (Lipinski definition) is 6. The number of carbonyl (C=O) groups is 4. The van der Waals surface area contributed by atoms with Gasteiger partial charge in [0.25, 0.3) is 5.91 Å². The second-order valence-corrected chi connectivity index (χ2v) is 13.4. The highest BCUT2D eigenvalue weighted by atomic mass is 16.4. The van der Waals surface area contributed by atoms with Crippen molar-refractivity contribution in [3.63, 3.8) is 0 Å². The van der Waals surface area contributed by atoms with E-state index in [0.717, 1.165) is 28.2 Å². The van der Waals surface area contributed by atoms with Gasteiger partial charge in [0.05, 0.1) is 5.92 Å². The van der Waals surface area contributed by atoms with Crippen LogP contribution in [-0.2, 0) is 16.0 Å². The van der Waals surface area contributed by atoms with E-state index in [2.05, 4.69) is 46.5 Å². The average Bonchev–Trinajstić information content (AvgIpc) is 3.11. The van der Waals surface area contributed by atoms with Gasteiger partial charge in [0.1, 0.15) is 6.04 Å². The zero-order valence-electron chi connectivity index (χ0n) is 28.0. The Morgan fingerprint density at radius 3 is 1.96 bits per heavy atom. The fourth-order valence-corrected chi connectivity index (χ4v) is 6.84. The van der Waals surface area contributed by atoms with Crippen LogP contribution in [0.5, 0.6) is 0 Å². The smallest absolute Gasteiger partial charge is 0.310 e. The van der Waals surface area contributed by atoms with Gasteiger partial charge in [-0.3, -0.25) is 19.2 Å². The lowest BCUT2D eigenvalue weighted by Crippen LogP contribution is -2.59. The van der Waals surface area contributed by atoms with Crippen LogP contribution in [0.3, 0.4) is 0 Å². The molecule has 1 aromatic heterocycles. The molecule has 3 aromatic carbocycles. The van der Waals surface area contributed by atoms with Crippen molar-refractivity contribution in [2.45, 2.75) is 64.3 Å². The van der Waals surface area contributed by atoms with Crippen molar-refractivity contribution in [1.29, 1.82) is 0 Å². The lowest BCUT2D eigenvalue weighted by atomic mass is 9.78. The number of nitrogens with zero attached hydrogens (tertiary/aromatic N) is 3. The summed E-state index contributed by atoms with van der Waals surface area (Å²) < 4.78 is 0. The monoisotopic (exact) mass is 658 g/mol. The topological polar surface area (TPSA) is 130 Å². The number of carboxylic acids is 1. The number of aliphatic carboxylic acids is 1. The third kappa shape index (κ3) is 7.94. The molecule has 9 heteroatoms. The van der Waals surface area contributed by atoms with Gasteiger partial charge < -0.3 is 15.3 Å². The first-order valence-electron chi connectivity index (χ1n) is 17.1. The summed E-state index contributed by atoms with van der Waals surface area (Å²) in [6.07, 6.45) is 10.3. The second-order valence-electron chi connectivity index (χ2n) is 13.4. The summed E-state index contributed by atoms with van der Waals surface area (Å²) in [5.41, 5.74) is 5.87. The number of hydrogen-bond donors (Lipinski definition) is 2. The Bertz CT molecular complexity index is 1790. The minimum Gasteiger partial charge on any atom is -0.481 e. The number of nitrogens with one attached hydrogen (secondary N) is 1. The lowest BCUT2D eigenvalue weighted by molar-refractivity contribution is -0.153. The Morgan fingerprint density at radius 2 is 1.39 bits per heavy atom. The van der Waals surface area contributed by atoms with E-state index in [1.807, 2.05) is 36.7 Å². The van der Waals surface area contributed by atoms with Crippen LogP contribution in [0.4, 0.5) is 0 Å². The molecule has 0 bridgehead atoms. The number of ketones is 1. The standard InChI is InChI=1S/C40H42N4O5/c1-3-26-4-8-29(9-5-26)30-14-16-31(17-15-30)34-21-41-37(42-22-34)32-10-6-27(7-11-32)20-36(39(47)44-23-35(24-44)40(48)49)43-38(46)33-18-12-28(13-19-33)25(2)45/h6-7,10-19,21-22,26,29,35-36H,3-5,8-9,20,23-24H2,1-2H3,(H,43,46)(H,48,49)/t26-,29-,36-/m0/s1. The van der Waals surface area contributed by atoms with Gasteiger partial charge in [-0.25, -0.2) is 9.97 Å². The van der Waals surface area contributed by atoms with Crippen LogP contribution in [0, 0.1) is 11.8 Å². The van der Waals surface area contributed by atoms with Gasteiger partial charge in [-0.15, -0.1) is 0 Å². The van der Waals surface area contributed by atoms with Crippen molar-refractivity contribution in [3.05, 3.63) is 107 Å². The predicted molar refractivity (Wildman–Crippen MR) is 187 cm³/mol. The molecular weight excluding hydrogens is 616 g/mol. The molecule has 6 rings (SSSR count). The number of carboxylic acid groups (broad SMARTS) is 1. The van der Waals surface area contributed by atoms with E-state index in [1.165, 1.54) is 49.5 Å². The first-order chi connectivity index (χ1) is 23.7. The highest BCUT2D eigenvalue weighted by molar-refractivity contribution is 5.99. The fourth-order valence-electron chi connectivity index (χ4n) is 6.84. The molecule has 2 N–H and O–H groups in total. The maximum absolute atomic E-state index is 13.4. The lowest BCUT2D eigenvalue weighted by Gasteiger charge is -2.39. The van der Waals surface area contributed by atoms with E-state index in [0.29, 0.717) is 22.9 Å². The Kier molecular flexibility index (Phi) is 10.3.